The van der Waals surface area contributed by atoms with Gasteiger partial charge in [0.1, 0.15) is 5.82 Å². The minimum absolute atomic E-state index is 0.0584. The second-order valence-corrected chi connectivity index (χ2v) is 8.92. The van der Waals surface area contributed by atoms with Gasteiger partial charge in [-0.25, -0.2) is 9.37 Å². The summed E-state index contributed by atoms with van der Waals surface area (Å²) in [5.74, 6) is -1.63. The van der Waals surface area contributed by atoms with Crippen LogP contribution in [0.15, 0.2) is 47.8 Å². The Labute approximate surface area is 194 Å². The normalized spacial score (nSPS) is 15.5. The zero-order chi connectivity index (χ0) is 23.5. The lowest BCUT2D eigenvalue weighted by Gasteiger charge is -2.16. The summed E-state index contributed by atoms with van der Waals surface area (Å²) in [5, 5.41) is 7.27. The van der Waals surface area contributed by atoms with Gasteiger partial charge in [0.15, 0.2) is 5.13 Å². The Bertz CT molecular complexity index is 1210. The molecule has 3 amide bonds. The molecule has 7 nitrogen and oxygen atoms in total. The smallest absolute Gasteiger partial charge is 0.231 e. The standard InChI is InChI=1S/C24H23FN4O3S/c1-14-3-5-16(6-4-14)11-29-12-17(9-22(29)31)23(32)28-24-27-21(13-33-24)19-8-7-18(10-20(19)25)26-15(2)30/h3-8,10,13,17H,9,11-12H2,1-2H3,(H,26,30)(H,27,28,32). The van der Waals surface area contributed by atoms with E-state index in [0.29, 0.717) is 29.6 Å². The fraction of sp³-hybridized carbons (Fsp3) is 0.250. The van der Waals surface area contributed by atoms with E-state index >= 15 is 0 Å². The number of rotatable bonds is 6. The van der Waals surface area contributed by atoms with Crippen molar-refractivity contribution in [3.05, 3.63) is 64.8 Å². The minimum Gasteiger partial charge on any atom is -0.338 e. The molecule has 33 heavy (non-hydrogen) atoms. The maximum absolute atomic E-state index is 14.5. The van der Waals surface area contributed by atoms with Crippen molar-refractivity contribution in [2.75, 3.05) is 17.2 Å². The number of hydrogen-bond donors (Lipinski definition) is 2. The fourth-order valence-corrected chi connectivity index (χ4v) is 4.39. The van der Waals surface area contributed by atoms with E-state index in [0.717, 1.165) is 11.1 Å². The number of carbonyl (C=O) groups is 3. The fourth-order valence-electron chi connectivity index (χ4n) is 3.68. The first-order valence-corrected chi connectivity index (χ1v) is 11.3. The van der Waals surface area contributed by atoms with Gasteiger partial charge in [-0.1, -0.05) is 29.8 Å². The molecule has 1 unspecified atom stereocenters. The molecule has 0 radical (unpaired) electrons. The molecule has 2 heterocycles. The number of aryl methyl sites for hydroxylation is 1. The van der Waals surface area contributed by atoms with Gasteiger partial charge >= 0.3 is 0 Å². The summed E-state index contributed by atoms with van der Waals surface area (Å²) in [6.07, 6.45) is 0.148. The first kappa shape index (κ1) is 22.6. The molecule has 1 atom stereocenters. The van der Waals surface area contributed by atoms with Crippen molar-refractivity contribution < 1.29 is 18.8 Å². The number of thiazole rings is 1. The van der Waals surface area contributed by atoms with Gasteiger partial charge in [0.05, 0.1) is 11.6 Å². The number of halogens is 1. The molecule has 2 N–H and O–H groups in total. The number of anilines is 2. The topological polar surface area (TPSA) is 91.4 Å². The number of nitrogens with zero attached hydrogens (tertiary/aromatic N) is 2. The third-order valence-electron chi connectivity index (χ3n) is 5.38. The molecule has 0 saturated carbocycles. The average molecular weight is 467 g/mol. The van der Waals surface area contributed by atoms with E-state index in [1.165, 1.54) is 30.4 Å². The van der Waals surface area contributed by atoms with Gasteiger partial charge in [-0.2, -0.15) is 0 Å². The molecular weight excluding hydrogens is 443 g/mol. The molecule has 9 heteroatoms. The number of amides is 3. The van der Waals surface area contributed by atoms with Crippen LogP contribution in [0.25, 0.3) is 11.3 Å². The van der Waals surface area contributed by atoms with Crippen LogP contribution in [0.5, 0.6) is 0 Å². The van der Waals surface area contributed by atoms with E-state index in [1.54, 1.807) is 16.3 Å². The van der Waals surface area contributed by atoms with Crippen LogP contribution in [0.3, 0.4) is 0 Å². The minimum atomic E-state index is -0.530. The molecule has 3 aromatic rings. The van der Waals surface area contributed by atoms with Crippen LogP contribution < -0.4 is 10.6 Å². The van der Waals surface area contributed by atoms with E-state index in [4.69, 9.17) is 0 Å². The first-order chi connectivity index (χ1) is 15.8. The van der Waals surface area contributed by atoms with Gasteiger partial charge < -0.3 is 15.5 Å². The molecule has 1 saturated heterocycles. The van der Waals surface area contributed by atoms with E-state index in [9.17, 15) is 18.8 Å². The number of hydrogen-bond acceptors (Lipinski definition) is 5. The Morgan fingerprint density at radius 2 is 1.94 bits per heavy atom. The second-order valence-electron chi connectivity index (χ2n) is 8.06. The molecule has 1 aromatic heterocycles. The third-order valence-corrected chi connectivity index (χ3v) is 6.14. The van der Waals surface area contributed by atoms with E-state index in [-0.39, 0.29) is 29.7 Å². The monoisotopic (exact) mass is 466 g/mol. The largest absolute Gasteiger partial charge is 0.338 e. The van der Waals surface area contributed by atoms with Crippen LogP contribution in [0.2, 0.25) is 0 Å². The van der Waals surface area contributed by atoms with Crippen LogP contribution >= 0.6 is 11.3 Å². The molecule has 170 valence electrons. The highest BCUT2D eigenvalue weighted by atomic mass is 32.1. The van der Waals surface area contributed by atoms with Crippen LogP contribution in [0.1, 0.15) is 24.5 Å². The van der Waals surface area contributed by atoms with Gasteiger partial charge in [0.25, 0.3) is 0 Å². The summed E-state index contributed by atoms with van der Waals surface area (Å²) in [7, 11) is 0. The van der Waals surface area contributed by atoms with Gasteiger partial charge in [-0.15, -0.1) is 11.3 Å². The Morgan fingerprint density at radius 1 is 1.18 bits per heavy atom. The third kappa shape index (κ3) is 5.43. The Morgan fingerprint density at radius 3 is 2.64 bits per heavy atom. The zero-order valence-corrected chi connectivity index (χ0v) is 19.0. The molecule has 1 aliphatic rings. The number of benzene rings is 2. The molecule has 2 aromatic carbocycles. The lowest BCUT2D eigenvalue weighted by molar-refractivity contribution is -0.128. The lowest BCUT2D eigenvalue weighted by atomic mass is 10.1. The number of aromatic nitrogens is 1. The van der Waals surface area contributed by atoms with Crippen LogP contribution in [0.4, 0.5) is 15.2 Å². The van der Waals surface area contributed by atoms with Gasteiger partial charge in [-0.05, 0) is 30.7 Å². The zero-order valence-electron chi connectivity index (χ0n) is 18.2. The average Bonchev–Trinajstić information content (AvgIpc) is 3.36. The summed E-state index contributed by atoms with van der Waals surface area (Å²) in [6, 6.07) is 12.3. The van der Waals surface area contributed by atoms with Crippen molar-refractivity contribution >= 4 is 39.9 Å². The Hall–Kier alpha value is -3.59. The maximum Gasteiger partial charge on any atom is 0.231 e. The molecule has 0 spiro atoms. The highest BCUT2D eigenvalue weighted by Crippen LogP contribution is 2.29. The predicted molar refractivity (Wildman–Crippen MR) is 125 cm³/mol. The van der Waals surface area contributed by atoms with E-state index in [1.807, 2.05) is 31.2 Å². The Kier molecular flexibility index (Phi) is 6.50. The summed E-state index contributed by atoms with van der Waals surface area (Å²) < 4.78 is 14.5. The Balaban J connectivity index is 1.38. The summed E-state index contributed by atoms with van der Waals surface area (Å²) in [5.41, 5.74) is 3.17. The van der Waals surface area contributed by atoms with Crippen LogP contribution in [0, 0.1) is 18.7 Å². The highest BCUT2D eigenvalue weighted by molar-refractivity contribution is 7.14. The quantitative estimate of drug-likeness (QED) is 0.570. The molecular formula is C24H23FN4O3S. The summed E-state index contributed by atoms with van der Waals surface area (Å²) in [4.78, 5) is 42.3. The summed E-state index contributed by atoms with van der Waals surface area (Å²) >= 11 is 1.18. The van der Waals surface area contributed by atoms with Crippen molar-refractivity contribution in [2.45, 2.75) is 26.8 Å². The van der Waals surface area contributed by atoms with Crippen LogP contribution in [-0.4, -0.2) is 34.2 Å². The van der Waals surface area contributed by atoms with Gasteiger partial charge in [0, 0.05) is 43.1 Å². The van der Waals surface area contributed by atoms with E-state index < -0.39 is 11.7 Å². The van der Waals surface area contributed by atoms with Crippen molar-refractivity contribution in [2.24, 2.45) is 5.92 Å². The van der Waals surface area contributed by atoms with Gasteiger partial charge in [-0.3, -0.25) is 14.4 Å². The number of carbonyl (C=O) groups excluding carboxylic acids is 3. The van der Waals surface area contributed by atoms with E-state index in [2.05, 4.69) is 15.6 Å². The summed E-state index contributed by atoms with van der Waals surface area (Å²) in [6.45, 7) is 4.17. The lowest BCUT2D eigenvalue weighted by Crippen LogP contribution is -2.28. The van der Waals surface area contributed by atoms with Gasteiger partial charge in [0.2, 0.25) is 17.7 Å². The molecule has 1 fully saturated rings. The molecule has 0 aliphatic carbocycles. The number of likely N-dealkylation sites (tertiary alicyclic amines) is 1. The van der Waals surface area contributed by atoms with Crippen molar-refractivity contribution in [3.8, 4) is 11.3 Å². The van der Waals surface area contributed by atoms with Crippen molar-refractivity contribution in [1.29, 1.82) is 0 Å². The number of nitrogens with one attached hydrogen (secondary N) is 2. The maximum atomic E-state index is 14.5. The molecule has 0 bridgehead atoms. The first-order valence-electron chi connectivity index (χ1n) is 10.5. The predicted octanol–water partition coefficient (Wildman–Crippen LogP) is 4.20. The van der Waals surface area contributed by atoms with Crippen molar-refractivity contribution in [1.82, 2.24) is 9.88 Å². The molecule has 4 rings (SSSR count). The second kappa shape index (κ2) is 9.50. The highest BCUT2D eigenvalue weighted by Gasteiger charge is 2.34. The van der Waals surface area contributed by atoms with Crippen molar-refractivity contribution in [3.63, 3.8) is 0 Å². The van der Waals surface area contributed by atoms with Crippen LogP contribution in [-0.2, 0) is 20.9 Å². The SMILES string of the molecule is CC(=O)Nc1ccc(-c2csc(NC(=O)C3CC(=O)N(Cc4ccc(C)cc4)C3)n2)c(F)c1. The molecule has 1 aliphatic heterocycles.